The summed E-state index contributed by atoms with van der Waals surface area (Å²) >= 11 is 0. The summed E-state index contributed by atoms with van der Waals surface area (Å²) in [5.74, 6) is -1.17. The standard InChI is InChI=1S/C25H32O8/c1-24(2,3)32-22(28)14-30-17-9-7-16-8-11-20(31-15-23(29)33-25(4,5)6)18(19(16)13-17)10-12-21(26)27/h7-9,11,13H,10,12,14-15H2,1-6H3,(H,26,27). The second-order valence-electron chi connectivity index (χ2n) is 9.57. The van der Waals surface area contributed by atoms with Crippen molar-refractivity contribution in [1.82, 2.24) is 0 Å². The summed E-state index contributed by atoms with van der Waals surface area (Å²) in [6.07, 6.45) is 0.0662. The minimum Gasteiger partial charge on any atom is -0.482 e. The summed E-state index contributed by atoms with van der Waals surface area (Å²) in [6, 6.07) is 8.75. The lowest BCUT2D eigenvalue weighted by Gasteiger charge is -2.20. The summed E-state index contributed by atoms with van der Waals surface area (Å²) in [7, 11) is 0. The molecule has 0 amide bonds. The summed E-state index contributed by atoms with van der Waals surface area (Å²) in [6.45, 7) is 10.0. The van der Waals surface area contributed by atoms with Crippen molar-refractivity contribution in [3.05, 3.63) is 35.9 Å². The molecule has 2 rings (SSSR count). The van der Waals surface area contributed by atoms with Gasteiger partial charge >= 0.3 is 17.9 Å². The van der Waals surface area contributed by atoms with Crippen LogP contribution in [0.5, 0.6) is 11.5 Å². The highest BCUT2D eigenvalue weighted by Gasteiger charge is 2.19. The maximum Gasteiger partial charge on any atom is 0.344 e. The van der Waals surface area contributed by atoms with Crippen LogP contribution < -0.4 is 9.47 Å². The fraction of sp³-hybridized carbons (Fsp3) is 0.480. The van der Waals surface area contributed by atoms with Crippen LogP contribution in [0.4, 0.5) is 0 Å². The van der Waals surface area contributed by atoms with E-state index in [-0.39, 0.29) is 26.1 Å². The third kappa shape index (κ3) is 9.00. The Bertz CT molecular complexity index is 1010. The molecule has 8 nitrogen and oxygen atoms in total. The van der Waals surface area contributed by atoms with Crippen LogP contribution in [0.1, 0.15) is 53.5 Å². The van der Waals surface area contributed by atoms with Gasteiger partial charge in [-0.2, -0.15) is 0 Å². The fourth-order valence-corrected chi connectivity index (χ4v) is 3.08. The van der Waals surface area contributed by atoms with E-state index in [1.165, 1.54) is 0 Å². The highest BCUT2D eigenvalue weighted by atomic mass is 16.6. The van der Waals surface area contributed by atoms with Gasteiger partial charge in [0.15, 0.2) is 13.2 Å². The lowest BCUT2D eigenvalue weighted by molar-refractivity contribution is -0.158. The van der Waals surface area contributed by atoms with Crippen LogP contribution in [0.25, 0.3) is 10.8 Å². The van der Waals surface area contributed by atoms with Crippen molar-refractivity contribution in [1.29, 1.82) is 0 Å². The molecule has 0 aliphatic carbocycles. The molecule has 2 aromatic rings. The van der Waals surface area contributed by atoms with Crippen molar-refractivity contribution in [2.45, 2.75) is 65.6 Å². The monoisotopic (exact) mass is 460 g/mol. The smallest absolute Gasteiger partial charge is 0.344 e. The summed E-state index contributed by atoms with van der Waals surface area (Å²) in [5, 5.41) is 10.7. The Morgan fingerprint density at radius 2 is 1.36 bits per heavy atom. The SMILES string of the molecule is CC(C)(C)OC(=O)COc1ccc2ccc(OCC(=O)OC(C)(C)C)c(CCC(=O)O)c2c1. The van der Waals surface area contributed by atoms with Crippen LogP contribution in [0.2, 0.25) is 0 Å². The number of benzene rings is 2. The normalized spacial score (nSPS) is 11.7. The van der Waals surface area contributed by atoms with Gasteiger partial charge in [0.25, 0.3) is 0 Å². The number of esters is 2. The quantitative estimate of drug-likeness (QED) is 0.552. The molecule has 0 radical (unpaired) electrons. The van der Waals surface area contributed by atoms with E-state index in [1.54, 1.807) is 59.7 Å². The number of carboxylic acids is 1. The molecular weight excluding hydrogens is 428 g/mol. The van der Waals surface area contributed by atoms with E-state index in [0.29, 0.717) is 22.4 Å². The molecule has 180 valence electrons. The second-order valence-corrected chi connectivity index (χ2v) is 9.57. The number of fused-ring (bicyclic) bond motifs is 1. The molecule has 0 aliphatic heterocycles. The first-order chi connectivity index (χ1) is 15.2. The van der Waals surface area contributed by atoms with Gasteiger partial charge in [-0.1, -0.05) is 12.1 Å². The molecule has 0 heterocycles. The first kappa shape index (κ1) is 26.0. The molecule has 0 aromatic heterocycles. The van der Waals surface area contributed by atoms with Gasteiger partial charge in [0.2, 0.25) is 0 Å². The van der Waals surface area contributed by atoms with Gasteiger partial charge in [0.05, 0.1) is 0 Å². The number of aliphatic carboxylic acids is 1. The maximum absolute atomic E-state index is 12.1. The molecule has 33 heavy (non-hydrogen) atoms. The maximum atomic E-state index is 12.1. The predicted molar refractivity (Wildman–Crippen MR) is 123 cm³/mol. The molecule has 0 saturated carbocycles. The summed E-state index contributed by atoms with van der Waals surface area (Å²) in [4.78, 5) is 35.2. The zero-order chi connectivity index (χ0) is 24.8. The van der Waals surface area contributed by atoms with Gasteiger partial charge in [-0.05, 0) is 76.9 Å². The number of carboxylic acid groups (broad SMARTS) is 1. The molecule has 0 fully saturated rings. The Kier molecular flexibility index (Phi) is 8.30. The van der Waals surface area contributed by atoms with Crippen molar-refractivity contribution in [2.24, 2.45) is 0 Å². The number of hydrogen-bond acceptors (Lipinski definition) is 7. The molecule has 2 aromatic carbocycles. The highest BCUT2D eigenvalue weighted by molar-refractivity contribution is 5.89. The van der Waals surface area contributed by atoms with E-state index in [0.717, 1.165) is 5.39 Å². The molecule has 0 atom stereocenters. The van der Waals surface area contributed by atoms with E-state index in [1.807, 2.05) is 12.1 Å². The van der Waals surface area contributed by atoms with E-state index < -0.39 is 29.1 Å². The Labute approximate surface area is 193 Å². The topological polar surface area (TPSA) is 108 Å². The van der Waals surface area contributed by atoms with E-state index >= 15 is 0 Å². The van der Waals surface area contributed by atoms with E-state index in [9.17, 15) is 19.5 Å². The second kappa shape index (κ2) is 10.6. The molecule has 0 bridgehead atoms. The highest BCUT2D eigenvalue weighted by Crippen LogP contribution is 2.32. The Hall–Kier alpha value is -3.29. The van der Waals surface area contributed by atoms with Crippen molar-refractivity contribution >= 4 is 28.7 Å². The Morgan fingerprint density at radius 1 is 0.818 bits per heavy atom. The van der Waals surface area contributed by atoms with E-state index in [2.05, 4.69) is 0 Å². The minimum absolute atomic E-state index is 0.120. The number of rotatable bonds is 9. The zero-order valence-corrected chi connectivity index (χ0v) is 20.0. The third-order valence-electron chi connectivity index (χ3n) is 4.19. The van der Waals surface area contributed by atoms with Gasteiger partial charge in [-0.25, -0.2) is 9.59 Å². The average molecular weight is 461 g/mol. The van der Waals surface area contributed by atoms with Crippen molar-refractivity contribution in [2.75, 3.05) is 13.2 Å². The largest absolute Gasteiger partial charge is 0.482 e. The number of aryl methyl sites for hydroxylation is 1. The molecule has 0 unspecified atom stereocenters. The van der Waals surface area contributed by atoms with Gasteiger partial charge < -0.3 is 24.1 Å². The number of ether oxygens (including phenoxy) is 4. The lowest BCUT2D eigenvalue weighted by atomic mass is 9.99. The van der Waals surface area contributed by atoms with Crippen LogP contribution in [-0.2, 0) is 30.3 Å². The van der Waals surface area contributed by atoms with Crippen LogP contribution in [0, 0.1) is 0 Å². The first-order valence-corrected chi connectivity index (χ1v) is 10.7. The summed E-state index contributed by atoms with van der Waals surface area (Å²) in [5.41, 5.74) is -0.633. The average Bonchev–Trinajstić information content (AvgIpc) is 2.66. The van der Waals surface area contributed by atoms with Crippen molar-refractivity contribution < 1.29 is 38.4 Å². The molecule has 0 saturated heterocycles. The number of hydrogen-bond donors (Lipinski definition) is 1. The van der Waals surface area contributed by atoms with Gasteiger partial charge in [-0.15, -0.1) is 0 Å². The molecule has 8 heteroatoms. The molecule has 1 N–H and O–H groups in total. The molecule has 0 aliphatic rings. The zero-order valence-electron chi connectivity index (χ0n) is 20.0. The Balaban J connectivity index is 2.28. The minimum atomic E-state index is -0.956. The van der Waals surface area contributed by atoms with Gasteiger partial charge in [0, 0.05) is 12.0 Å². The van der Waals surface area contributed by atoms with Gasteiger partial charge in [0.1, 0.15) is 22.7 Å². The first-order valence-electron chi connectivity index (χ1n) is 10.7. The Morgan fingerprint density at radius 3 is 1.91 bits per heavy atom. The summed E-state index contributed by atoms with van der Waals surface area (Å²) < 4.78 is 21.8. The fourth-order valence-electron chi connectivity index (χ4n) is 3.08. The number of carbonyl (C=O) groups is 3. The van der Waals surface area contributed by atoms with Crippen LogP contribution in [0.15, 0.2) is 30.3 Å². The number of carbonyl (C=O) groups excluding carboxylic acids is 2. The van der Waals surface area contributed by atoms with Crippen molar-refractivity contribution in [3.8, 4) is 11.5 Å². The third-order valence-corrected chi connectivity index (χ3v) is 4.19. The van der Waals surface area contributed by atoms with Crippen molar-refractivity contribution in [3.63, 3.8) is 0 Å². The lowest BCUT2D eigenvalue weighted by Crippen LogP contribution is -2.27. The predicted octanol–water partition coefficient (Wildman–Crippen LogP) is 4.30. The van der Waals surface area contributed by atoms with E-state index in [4.69, 9.17) is 18.9 Å². The molecule has 0 spiro atoms. The van der Waals surface area contributed by atoms with Crippen LogP contribution in [0.3, 0.4) is 0 Å². The van der Waals surface area contributed by atoms with Gasteiger partial charge in [-0.3, -0.25) is 4.79 Å². The van der Waals surface area contributed by atoms with Crippen LogP contribution >= 0.6 is 0 Å². The van der Waals surface area contributed by atoms with Crippen LogP contribution in [-0.4, -0.2) is 47.4 Å². The molecular formula is C25H32O8.